The number of ether oxygens (including phenoxy) is 1. The van der Waals surface area contributed by atoms with Gasteiger partial charge in [-0.25, -0.2) is 0 Å². The molecule has 1 N–H and O–H groups in total. The monoisotopic (exact) mass is 275 g/mol. The summed E-state index contributed by atoms with van der Waals surface area (Å²) in [7, 11) is 0. The van der Waals surface area contributed by atoms with Crippen LogP contribution in [0.4, 0.5) is 0 Å². The quantitative estimate of drug-likeness (QED) is 0.766. The Balaban J connectivity index is 1.67. The van der Waals surface area contributed by atoms with Crippen LogP contribution in [0.25, 0.3) is 0 Å². The molecule has 0 amide bonds. The number of hydrogen-bond donors (Lipinski definition) is 1. The van der Waals surface area contributed by atoms with Crippen molar-refractivity contribution in [2.45, 2.75) is 26.0 Å². The minimum Gasteiger partial charge on any atom is -0.373 e. The summed E-state index contributed by atoms with van der Waals surface area (Å²) in [5.74, 6) is 0. The third-order valence-corrected chi connectivity index (χ3v) is 4.21. The Labute approximate surface area is 119 Å². The lowest BCUT2D eigenvalue weighted by Gasteiger charge is -2.16. The Morgan fingerprint density at radius 1 is 1.11 bits per heavy atom. The van der Waals surface area contributed by atoms with Crippen molar-refractivity contribution in [3.63, 3.8) is 0 Å². The van der Waals surface area contributed by atoms with E-state index in [1.54, 1.807) is 11.3 Å². The van der Waals surface area contributed by atoms with Gasteiger partial charge in [-0.15, -0.1) is 11.3 Å². The van der Waals surface area contributed by atoms with Gasteiger partial charge in [-0.3, -0.25) is 0 Å². The molecule has 0 bridgehead atoms. The van der Waals surface area contributed by atoms with Gasteiger partial charge in [-0.05, 0) is 30.9 Å². The van der Waals surface area contributed by atoms with Crippen LogP contribution in [0.1, 0.15) is 36.4 Å². The van der Waals surface area contributed by atoms with Gasteiger partial charge in [0, 0.05) is 17.5 Å². The predicted molar refractivity (Wildman–Crippen MR) is 81.5 cm³/mol. The highest BCUT2D eigenvalue weighted by molar-refractivity contribution is 7.10. The molecule has 102 valence electrons. The second kappa shape index (κ2) is 7.43. The van der Waals surface area contributed by atoms with E-state index in [1.807, 2.05) is 18.2 Å². The molecule has 2 rings (SSSR count). The lowest BCUT2D eigenvalue weighted by Crippen LogP contribution is -2.23. The van der Waals surface area contributed by atoms with Crippen molar-refractivity contribution in [2.24, 2.45) is 0 Å². The Bertz CT molecular complexity index is 455. The molecule has 0 saturated carbocycles. The van der Waals surface area contributed by atoms with E-state index >= 15 is 0 Å². The van der Waals surface area contributed by atoms with E-state index in [0.29, 0.717) is 6.04 Å². The Kier molecular flexibility index (Phi) is 5.58. The van der Waals surface area contributed by atoms with Crippen molar-refractivity contribution in [3.05, 3.63) is 58.3 Å². The summed E-state index contributed by atoms with van der Waals surface area (Å²) in [6.07, 6.45) is 0.153. The maximum absolute atomic E-state index is 5.84. The molecule has 2 atom stereocenters. The maximum Gasteiger partial charge on any atom is 0.0797 e. The first-order chi connectivity index (χ1) is 9.27. The second-order valence-corrected chi connectivity index (χ2v) is 5.59. The number of thiophene rings is 1. The van der Waals surface area contributed by atoms with Gasteiger partial charge in [0.1, 0.15) is 0 Å². The van der Waals surface area contributed by atoms with Gasteiger partial charge in [0.25, 0.3) is 0 Å². The van der Waals surface area contributed by atoms with Gasteiger partial charge in [0.2, 0.25) is 0 Å². The van der Waals surface area contributed by atoms with Crippen molar-refractivity contribution in [2.75, 3.05) is 13.2 Å². The zero-order valence-corrected chi connectivity index (χ0v) is 12.3. The Hall–Kier alpha value is -1.16. The molecule has 2 unspecified atom stereocenters. The van der Waals surface area contributed by atoms with Gasteiger partial charge in [-0.2, -0.15) is 0 Å². The molecule has 2 aromatic rings. The molecule has 2 nitrogen and oxygen atoms in total. The summed E-state index contributed by atoms with van der Waals surface area (Å²) < 4.78 is 5.84. The smallest absolute Gasteiger partial charge is 0.0797 e. The van der Waals surface area contributed by atoms with Crippen LogP contribution < -0.4 is 5.32 Å². The molecule has 0 spiro atoms. The standard InChI is InChI=1S/C16H21NOS/c1-13(16-9-6-12-19-16)17-10-11-18-14(2)15-7-4-3-5-8-15/h3-9,12-14,17H,10-11H2,1-2H3. The van der Waals surface area contributed by atoms with Gasteiger partial charge < -0.3 is 10.1 Å². The average Bonchev–Trinajstić information content (AvgIpc) is 2.98. The van der Waals surface area contributed by atoms with Crippen LogP contribution in [0.15, 0.2) is 47.8 Å². The van der Waals surface area contributed by atoms with E-state index in [9.17, 15) is 0 Å². The molecule has 3 heteroatoms. The summed E-state index contributed by atoms with van der Waals surface area (Å²) in [6.45, 7) is 5.88. The zero-order chi connectivity index (χ0) is 13.5. The molecule has 0 radical (unpaired) electrons. The van der Waals surface area contributed by atoms with E-state index in [2.05, 4.69) is 48.8 Å². The molecular formula is C16H21NOS. The fourth-order valence-corrected chi connectivity index (χ4v) is 2.73. The van der Waals surface area contributed by atoms with Crippen LogP contribution in [0, 0.1) is 0 Å². The van der Waals surface area contributed by atoms with Gasteiger partial charge >= 0.3 is 0 Å². The molecule has 0 aliphatic rings. The van der Waals surface area contributed by atoms with E-state index in [0.717, 1.165) is 13.2 Å². The first-order valence-corrected chi connectivity index (χ1v) is 7.58. The SMILES string of the molecule is CC(NCCOC(C)c1ccccc1)c1cccs1. The van der Waals surface area contributed by atoms with Crippen LogP contribution in [-0.4, -0.2) is 13.2 Å². The van der Waals surface area contributed by atoms with Crippen LogP contribution in [0.5, 0.6) is 0 Å². The minimum absolute atomic E-state index is 0.153. The second-order valence-electron chi connectivity index (χ2n) is 4.61. The Morgan fingerprint density at radius 2 is 1.89 bits per heavy atom. The highest BCUT2D eigenvalue weighted by Crippen LogP contribution is 2.18. The molecule has 1 heterocycles. The van der Waals surface area contributed by atoms with E-state index < -0.39 is 0 Å². The first-order valence-electron chi connectivity index (χ1n) is 6.70. The molecule has 1 aromatic heterocycles. The van der Waals surface area contributed by atoms with Gasteiger partial charge in [0.15, 0.2) is 0 Å². The molecule has 19 heavy (non-hydrogen) atoms. The normalized spacial score (nSPS) is 14.2. The number of rotatable bonds is 7. The third-order valence-electron chi connectivity index (χ3n) is 3.16. The summed E-state index contributed by atoms with van der Waals surface area (Å²) >= 11 is 1.79. The summed E-state index contributed by atoms with van der Waals surface area (Å²) in [4.78, 5) is 1.37. The van der Waals surface area contributed by atoms with E-state index in [1.165, 1.54) is 10.4 Å². The fraction of sp³-hybridized carbons (Fsp3) is 0.375. The van der Waals surface area contributed by atoms with Crippen LogP contribution in [0.2, 0.25) is 0 Å². The lowest BCUT2D eigenvalue weighted by molar-refractivity contribution is 0.0667. The van der Waals surface area contributed by atoms with Crippen molar-refractivity contribution in [1.29, 1.82) is 0 Å². The highest BCUT2D eigenvalue weighted by Gasteiger charge is 2.07. The largest absolute Gasteiger partial charge is 0.373 e. The first kappa shape index (κ1) is 14.3. The van der Waals surface area contributed by atoms with Crippen LogP contribution in [-0.2, 0) is 4.74 Å². The summed E-state index contributed by atoms with van der Waals surface area (Å²) in [6, 6.07) is 15.0. The average molecular weight is 275 g/mol. The van der Waals surface area contributed by atoms with Crippen molar-refractivity contribution in [1.82, 2.24) is 5.32 Å². The van der Waals surface area contributed by atoms with Crippen molar-refractivity contribution in [3.8, 4) is 0 Å². The molecule has 0 aliphatic heterocycles. The Morgan fingerprint density at radius 3 is 2.58 bits per heavy atom. The summed E-state index contributed by atoms with van der Waals surface area (Å²) in [5, 5.41) is 5.59. The molecule has 0 saturated heterocycles. The maximum atomic E-state index is 5.84. The van der Waals surface area contributed by atoms with Crippen molar-refractivity contribution < 1.29 is 4.74 Å². The lowest BCUT2D eigenvalue weighted by atomic mass is 10.1. The van der Waals surface area contributed by atoms with Gasteiger partial charge in [-0.1, -0.05) is 36.4 Å². The number of nitrogens with one attached hydrogen (secondary N) is 1. The number of hydrogen-bond acceptors (Lipinski definition) is 3. The predicted octanol–water partition coefficient (Wildman–Crippen LogP) is 4.18. The van der Waals surface area contributed by atoms with E-state index in [4.69, 9.17) is 4.74 Å². The fourth-order valence-electron chi connectivity index (χ4n) is 1.97. The third kappa shape index (κ3) is 4.46. The molecule has 1 aromatic carbocycles. The van der Waals surface area contributed by atoms with Crippen molar-refractivity contribution >= 4 is 11.3 Å². The molecule has 0 aliphatic carbocycles. The highest BCUT2D eigenvalue weighted by atomic mass is 32.1. The molecule has 0 fully saturated rings. The van der Waals surface area contributed by atoms with E-state index in [-0.39, 0.29) is 6.10 Å². The van der Waals surface area contributed by atoms with Crippen LogP contribution in [0.3, 0.4) is 0 Å². The van der Waals surface area contributed by atoms with Crippen LogP contribution >= 0.6 is 11.3 Å². The summed E-state index contributed by atoms with van der Waals surface area (Å²) in [5.41, 5.74) is 1.23. The van der Waals surface area contributed by atoms with Gasteiger partial charge in [0.05, 0.1) is 12.7 Å². The topological polar surface area (TPSA) is 21.3 Å². The zero-order valence-electron chi connectivity index (χ0n) is 11.5. The molecular weight excluding hydrogens is 254 g/mol. The minimum atomic E-state index is 0.153. The number of benzene rings is 1.